The lowest BCUT2D eigenvalue weighted by molar-refractivity contribution is 0.418. The highest BCUT2D eigenvalue weighted by Gasteiger charge is 2.26. The molecule has 1 N–H and O–H groups in total. The van der Waals surface area contributed by atoms with E-state index in [2.05, 4.69) is 56.2 Å². The minimum absolute atomic E-state index is 0.537. The molecule has 1 fully saturated rings. The van der Waals surface area contributed by atoms with Crippen LogP contribution >= 0.6 is 11.8 Å². The molecule has 1 heterocycles. The molecule has 1 aromatic carbocycles. The van der Waals surface area contributed by atoms with Crippen LogP contribution in [0.25, 0.3) is 0 Å². The molecule has 0 saturated carbocycles. The van der Waals surface area contributed by atoms with E-state index in [1.54, 1.807) is 0 Å². The van der Waals surface area contributed by atoms with Gasteiger partial charge in [0.05, 0.1) is 0 Å². The van der Waals surface area contributed by atoms with E-state index < -0.39 is 0 Å². The molecule has 1 aliphatic rings. The van der Waals surface area contributed by atoms with E-state index >= 15 is 0 Å². The normalized spacial score (nSPS) is 22.3. The highest BCUT2D eigenvalue weighted by Crippen LogP contribution is 2.35. The summed E-state index contributed by atoms with van der Waals surface area (Å²) in [6.45, 7) is 4.45. The van der Waals surface area contributed by atoms with Gasteiger partial charge in [-0.25, -0.2) is 0 Å². The van der Waals surface area contributed by atoms with E-state index in [1.165, 1.54) is 34.6 Å². The van der Waals surface area contributed by atoms with Crippen LogP contribution in [0.4, 0.5) is 0 Å². The molecule has 0 aromatic heterocycles. The second-order valence-electron chi connectivity index (χ2n) is 4.68. The topological polar surface area (TPSA) is 12.0 Å². The summed E-state index contributed by atoms with van der Waals surface area (Å²) >= 11 is 2.09. The van der Waals surface area contributed by atoms with Crippen molar-refractivity contribution in [1.82, 2.24) is 5.32 Å². The summed E-state index contributed by atoms with van der Waals surface area (Å²) < 4.78 is 0. The van der Waals surface area contributed by atoms with Gasteiger partial charge in [0, 0.05) is 6.04 Å². The number of aryl methyl sites for hydroxylation is 1. The molecule has 2 unspecified atom stereocenters. The third-order valence-corrected chi connectivity index (χ3v) is 4.92. The molecule has 0 radical (unpaired) electrons. The van der Waals surface area contributed by atoms with Gasteiger partial charge >= 0.3 is 0 Å². The molecule has 88 valence electrons. The zero-order chi connectivity index (χ0) is 11.5. The van der Waals surface area contributed by atoms with Gasteiger partial charge in [0.1, 0.15) is 0 Å². The largest absolute Gasteiger partial charge is 0.313 e. The van der Waals surface area contributed by atoms with Gasteiger partial charge in [-0.1, -0.05) is 18.2 Å². The van der Waals surface area contributed by atoms with Crippen LogP contribution in [-0.4, -0.2) is 18.6 Å². The molecule has 16 heavy (non-hydrogen) atoms. The molecule has 0 bridgehead atoms. The molecule has 0 amide bonds. The lowest BCUT2D eigenvalue weighted by Gasteiger charge is -2.25. The molecular weight excluding hydrogens is 214 g/mol. The zero-order valence-corrected chi connectivity index (χ0v) is 11.2. The van der Waals surface area contributed by atoms with E-state index in [9.17, 15) is 0 Å². The number of hydrogen-bond donors (Lipinski definition) is 1. The molecule has 1 nitrogen and oxygen atoms in total. The van der Waals surface area contributed by atoms with Crippen LogP contribution < -0.4 is 5.32 Å². The summed E-state index contributed by atoms with van der Waals surface area (Å²) in [5.74, 6) is 3.43. The molecule has 0 spiro atoms. The maximum atomic E-state index is 3.52. The Morgan fingerprint density at radius 1 is 1.38 bits per heavy atom. The van der Waals surface area contributed by atoms with Crippen molar-refractivity contribution in [2.45, 2.75) is 26.3 Å². The highest BCUT2D eigenvalue weighted by atomic mass is 32.2. The first kappa shape index (κ1) is 12.0. The highest BCUT2D eigenvalue weighted by molar-refractivity contribution is 7.99. The van der Waals surface area contributed by atoms with Crippen molar-refractivity contribution in [2.75, 3.05) is 18.6 Å². The minimum Gasteiger partial charge on any atom is -0.313 e. The Bertz CT molecular complexity index is 356. The Hall–Kier alpha value is -0.470. The molecule has 2 heteroatoms. The third-order valence-electron chi connectivity index (χ3n) is 3.73. The number of rotatable bonds is 3. The minimum atomic E-state index is 0.537. The van der Waals surface area contributed by atoms with Crippen LogP contribution in [0.3, 0.4) is 0 Å². The second-order valence-corrected chi connectivity index (χ2v) is 5.83. The van der Waals surface area contributed by atoms with E-state index in [-0.39, 0.29) is 0 Å². The van der Waals surface area contributed by atoms with E-state index in [0.717, 1.165) is 5.92 Å². The summed E-state index contributed by atoms with van der Waals surface area (Å²) in [6, 6.07) is 7.21. The van der Waals surface area contributed by atoms with E-state index in [1.807, 2.05) is 0 Å². The van der Waals surface area contributed by atoms with Crippen molar-refractivity contribution < 1.29 is 0 Å². The van der Waals surface area contributed by atoms with Gasteiger partial charge in [-0.2, -0.15) is 11.8 Å². The Kier molecular flexibility index (Phi) is 3.93. The number of hydrogen-bond acceptors (Lipinski definition) is 2. The van der Waals surface area contributed by atoms with E-state index in [4.69, 9.17) is 0 Å². The molecule has 0 aliphatic carbocycles. The van der Waals surface area contributed by atoms with Crippen LogP contribution in [0.1, 0.15) is 29.2 Å². The second kappa shape index (κ2) is 5.24. The maximum Gasteiger partial charge on any atom is 0.0357 e. The molecule has 2 atom stereocenters. The van der Waals surface area contributed by atoms with Crippen molar-refractivity contribution >= 4 is 11.8 Å². The van der Waals surface area contributed by atoms with Gasteiger partial charge in [0.2, 0.25) is 0 Å². The quantitative estimate of drug-likeness (QED) is 0.862. The first-order valence-corrected chi connectivity index (χ1v) is 7.20. The standard InChI is InChI=1S/C14H21NS/c1-10-5-4-6-13(11(10)2)14(15-3)12-7-8-16-9-12/h4-6,12,14-15H,7-9H2,1-3H3. The summed E-state index contributed by atoms with van der Waals surface area (Å²) in [5.41, 5.74) is 4.36. The molecule has 1 saturated heterocycles. The Morgan fingerprint density at radius 2 is 2.19 bits per heavy atom. The van der Waals surface area contributed by atoms with Crippen molar-refractivity contribution in [2.24, 2.45) is 5.92 Å². The summed E-state index contributed by atoms with van der Waals surface area (Å²) in [4.78, 5) is 0. The fourth-order valence-corrected chi connectivity index (χ4v) is 3.87. The van der Waals surface area contributed by atoms with Gasteiger partial charge in [-0.3, -0.25) is 0 Å². The van der Waals surface area contributed by atoms with Crippen LogP contribution in [-0.2, 0) is 0 Å². The van der Waals surface area contributed by atoms with Gasteiger partial charge in [-0.05, 0) is 61.4 Å². The number of nitrogens with one attached hydrogen (secondary N) is 1. The smallest absolute Gasteiger partial charge is 0.0357 e. The van der Waals surface area contributed by atoms with Crippen molar-refractivity contribution in [1.29, 1.82) is 0 Å². The van der Waals surface area contributed by atoms with Crippen molar-refractivity contribution in [3.8, 4) is 0 Å². The first-order chi connectivity index (χ1) is 7.74. The van der Waals surface area contributed by atoms with Crippen LogP contribution in [0, 0.1) is 19.8 Å². The Balaban J connectivity index is 2.28. The number of thioether (sulfide) groups is 1. The zero-order valence-electron chi connectivity index (χ0n) is 10.4. The molecule has 2 rings (SSSR count). The SMILES string of the molecule is CNC(c1cccc(C)c1C)C1CCSC1. The number of benzene rings is 1. The predicted molar refractivity (Wildman–Crippen MR) is 73.1 cm³/mol. The van der Waals surface area contributed by atoms with Crippen LogP contribution in [0.5, 0.6) is 0 Å². The lowest BCUT2D eigenvalue weighted by atomic mass is 9.88. The maximum absolute atomic E-state index is 3.52. The first-order valence-electron chi connectivity index (χ1n) is 6.05. The average molecular weight is 235 g/mol. The lowest BCUT2D eigenvalue weighted by Crippen LogP contribution is -2.26. The molecule has 1 aliphatic heterocycles. The van der Waals surface area contributed by atoms with Gasteiger partial charge < -0.3 is 5.32 Å². The van der Waals surface area contributed by atoms with Crippen molar-refractivity contribution in [3.63, 3.8) is 0 Å². The van der Waals surface area contributed by atoms with Gasteiger partial charge in [0.25, 0.3) is 0 Å². The fraction of sp³-hybridized carbons (Fsp3) is 0.571. The van der Waals surface area contributed by atoms with Crippen LogP contribution in [0.15, 0.2) is 18.2 Å². The summed E-state index contributed by atoms with van der Waals surface area (Å²) in [7, 11) is 2.09. The fourth-order valence-electron chi connectivity index (χ4n) is 2.57. The summed E-state index contributed by atoms with van der Waals surface area (Å²) in [5, 5.41) is 3.52. The summed E-state index contributed by atoms with van der Waals surface area (Å²) in [6.07, 6.45) is 1.35. The van der Waals surface area contributed by atoms with Gasteiger partial charge in [0.15, 0.2) is 0 Å². The third kappa shape index (κ3) is 2.28. The van der Waals surface area contributed by atoms with Crippen LogP contribution in [0.2, 0.25) is 0 Å². The average Bonchev–Trinajstić information content (AvgIpc) is 2.79. The monoisotopic (exact) mass is 235 g/mol. The Morgan fingerprint density at radius 3 is 2.81 bits per heavy atom. The van der Waals surface area contributed by atoms with Crippen molar-refractivity contribution in [3.05, 3.63) is 34.9 Å². The predicted octanol–water partition coefficient (Wildman–Crippen LogP) is 3.32. The Labute approximate surface area is 103 Å². The van der Waals surface area contributed by atoms with E-state index in [0.29, 0.717) is 6.04 Å². The molecular formula is C14H21NS. The molecule has 1 aromatic rings. The van der Waals surface area contributed by atoms with Gasteiger partial charge in [-0.15, -0.1) is 0 Å².